The molecule has 1 aromatic carbocycles. The zero-order valence-electron chi connectivity index (χ0n) is 10.7. The Bertz CT molecular complexity index is 567. The van der Waals surface area contributed by atoms with Crippen LogP contribution < -0.4 is 5.32 Å². The molecular formula is C14H15N3O2. The maximum absolute atomic E-state index is 10.5. The zero-order chi connectivity index (χ0) is 13.7. The Morgan fingerprint density at radius 2 is 1.95 bits per heavy atom. The summed E-state index contributed by atoms with van der Waals surface area (Å²) in [4.78, 5) is 13.8. The number of hydrogen-bond acceptors (Lipinski definition) is 4. The summed E-state index contributed by atoms with van der Waals surface area (Å²) >= 11 is 0. The van der Waals surface area contributed by atoms with Gasteiger partial charge in [0.05, 0.1) is 5.69 Å². The minimum atomic E-state index is -0.504. The van der Waals surface area contributed by atoms with Crippen LogP contribution in [0, 0.1) is 10.1 Å². The fraction of sp³-hybridized carbons (Fsp3) is 0.214. The van der Waals surface area contributed by atoms with E-state index >= 15 is 0 Å². The molecule has 1 aromatic heterocycles. The smallest absolute Gasteiger partial charge is 0.363 e. The molecule has 0 aliphatic heterocycles. The number of benzene rings is 1. The molecular weight excluding hydrogens is 242 g/mol. The van der Waals surface area contributed by atoms with Crippen molar-refractivity contribution in [3.05, 3.63) is 63.8 Å². The lowest BCUT2D eigenvalue weighted by molar-refractivity contribution is -0.389. The first kappa shape index (κ1) is 13.0. The first-order chi connectivity index (χ1) is 9.20. The molecule has 0 amide bonds. The Balaban J connectivity index is 2.04. The number of nitro groups is 1. The number of nitrogens with zero attached hydrogens (tertiary/aromatic N) is 2. The summed E-state index contributed by atoms with van der Waals surface area (Å²) in [6, 6.07) is 11.3. The number of hydrogen-bond donors (Lipinski definition) is 1. The van der Waals surface area contributed by atoms with Crippen LogP contribution in [0.3, 0.4) is 0 Å². The lowest BCUT2D eigenvalue weighted by Crippen LogP contribution is -2.03. The topological polar surface area (TPSA) is 68.1 Å². The minimum Gasteiger partial charge on any atom is -0.378 e. The molecule has 0 saturated heterocycles. The Hall–Kier alpha value is -2.43. The lowest BCUT2D eigenvalue weighted by Gasteiger charge is -2.09. The van der Waals surface area contributed by atoms with Crippen molar-refractivity contribution >= 4 is 11.5 Å². The van der Waals surface area contributed by atoms with Crippen LogP contribution in [-0.4, -0.2) is 9.91 Å². The van der Waals surface area contributed by atoms with Gasteiger partial charge in [0, 0.05) is 12.6 Å². The second-order valence-electron chi connectivity index (χ2n) is 4.14. The summed E-state index contributed by atoms with van der Waals surface area (Å²) in [5.74, 6) is -0.139. The van der Waals surface area contributed by atoms with Crippen molar-refractivity contribution in [3.63, 3.8) is 0 Å². The second-order valence-corrected chi connectivity index (χ2v) is 4.14. The molecule has 19 heavy (non-hydrogen) atoms. The summed E-state index contributed by atoms with van der Waals surface area (Å²) in [5.41, 5.74) is 3.30. The SMILES string of the molecule is CCc1ccccc1CNc1ccc([N+](=O)[O-])nc1. The Kier molecular flexibility index (Phi) is 4.07. The Labute approximate surface area is 111 Å². The van der Waals surface area contributed by atoms with Crippen molar-refractivity contribution in [2.24, 2.45) is 0 Å². The summed E-state index contributed by atoms with van der Waals surface area (Å²) < 4.78 is 0. The molecule has 1 heterocycles. The van der Waals surface area contributed by atoms with Gasteiger partial charge in [-0.2, -0.15) is 0 Å². The first-order valence-corrected chi connectivity index (χ1v) is 6.12. The van der Waals surface area contributed by atoms with Crippen LogP contribution >= 0.6 is 0 Å². The normalized spacial score (nSPS) is 10.2. The molecule has 0 aliphatic rings. The highest BCUT2D eigenvalue weighted by Crippen LogP contribution is 2.14. The average molecular weight is 257 g/mol. The highest BCUT2D eigenvalue weighted by atomic mass is 16.6. The van der Waals surface area contributed by atoms with Crippen molar-refractivity contribution < 1.29 is 4.92 Å². The molecule has 5 heteroatoms. The van der Waals surface area contributed by atoms with Crippen LogP contribution in [0.15, 0.2) is 42.6 Å². The van der Waals surface area contributed by atoms with Gasteiger partial charge >= 0.3 is 5.82 Å². The van der Waals surface area contributed by atoms with Gasteiger partial charge in [-0.15, -0.1) is 0 Å². The fourth-order valence-electron chi connectivity index (χ4n) is 1.87. The van der Waals surface area contributed by atoms with Gasteiger partial charge < -0.3 is 15.4 Å². The molecule has 5 nitrogen and oxygen atoms in total. The van der Waals surface area contributed by atoms with Crippen molar-refractivity contribution in [3.8, 4) is 0 Å². The number of anilines is 1. The van der Waals surface area contributed by atoms with Crippen LogP contribution in [0.1, 0.15) is 18.1 Å². The van der Waals surface area contributed by atoms with Gasteiger partial charge in [-0.3, -0.25) is 0 Å². The van der Waals surface area contributed by atoms with E-state index in [1.807, 2.05) is 12.1 Å². The molecule has 0 atom stereocenters. The highest BCUT2D eigenvalue weighted by molar-refractivity contribution is 5.44. The molecule has 0 saturated carbocycles. The number of nitrogens with one attached hydrogen (secondary N) is 1. The molecule has 0 bridgehead atoms. The fourth-order valence-corrected chi connectivity index (χ4v) is 1.87. The van der Waals surface area contributed by atoms with Gasteiger partial charge in [0.25, 0.3) is 0 Å². The number of aromatic nitrogens is 1. The largest absolute Gasteiger partial charge is 0.378 e. The third-order valence-corrected chi connectivity index (χ3v) is 2.92. The zero-order valence-corrected chi connectivity index (χ0v) is 10.7. The molecule has 0 spiro atoms. The Morgan fingerprint density at radius 3 is 2.53 bits per heavy atom. The van der Waals surface area contributed by atoms with E-state index in [4.69, 9.17) is 0 Å². The third-order valence-electron chi connectivity index (χ3n) is 2.92. The van der Waals surface area contributed by atoms with Crippen molar-refractivity contribution in [1.29, 1.82) is 0 Å². The molecule has 0 unspecified atom stereocenters. The van der Waals surface area contributed by atoms with E-state index in [1.165, 1.54) is 23.4 Å². The number of rotatable bonds is 5. The molecule has 1 N–H and O–H groups in total. The molecule has 2 rings (SSSR count). The van der Waals surface area contributed by atoms with Crippen LogP contribution in [0.2, 0.25) is 0 Å². The van der Waals surface area contributed by atoms with Gasteiger partial charge in [0.15, 0.2) is 6.20 Å². The summed E-state index contributed by atoms with van der Waals surface area (Å²) in [5, 5.41) is 13.7. The van der Waals surface area contributed by atoms with Crippen LogP contribution in [0.5, 0.6) is 0 Å². The van der Waals surface area contributed by atoms with E-state index in [9.17, 15) is 10.1 Å². The third kappa shape index (κ3) is 3.28. The van der Waals surface area contributed by atoms with Crippen LogP contribution in [0.25, 0.3) is 0 Å². The molecule has 0 radical (unpaired) electrons. The Morgan fingerprint density at radius 1 is 1.21 bits per heavy atom. The van der Waals surface area contributed by atoms with Gasteiger partial charge in [-0.25, -0.2) is 0 Å². The summed E-state index contributed by atoms with van der Waals surface area (Å²) in [6.07, 6.45) is 2.46. The lowest BCUT2D eigenvalue weighted by atomic mass is 10.1. The predicted octanol–water partition coefficient (Wildman–Crippen LogP) is 3.16. The van der Waals surface area contributed by atoms with E-state index in [0.717, 1.165) is 12.1 Å². The van der Waals surface area contributed by atoms with Crippen LogP contribution in [-0.2, 0) is 13.0 Å². The van der Waals surface area contributed by atoms with E-state index in [1.54, 1.807) is 6.07 Å². The predicted molar refractivity (Wildman–Crippen MR) is 74.0 cm³/mol. The van der Waals surface area contributed by atoms with Crippen molar-refractivity contribution in [2.75, 3.05) is 5.32 Å². The first-order valence-electron chi connectivity index (χ1n) is 6.12. The summed E-state index contributed by atoms with van der Waals surface area (Å²) in [6.45, 7) is 2.80. The van der Waals surface area contributed by atoms with E-state index in [-0.39, 0.29) is 5.82 Å². The maximum atomic E-state index is 10.5. The number of aryl methyl sites for hydroxylation is 1. The summed E-state index contributed by atoms with van der Waals surface area (Å²) in [7, 11) is 0. The quantitative estimate of drug-likeness (QED) is 0.660. The van der Waals surface area contributed by atoms with E-state index in [0.29, 0.717) is 6.54 Å². The average Bonchev–Trinajstić information content (AvgIpc) is 2.45. The van der Waals surface area contributed by atoms with E-state index < -0.39 is 4.92 Å². The van der Waals surface area contributed by atoms with E-state index in [2.05, 4.69) is 29.4 Å². The standard InChI is InChI=1S/C14H15N3O2/c1-2-11-5-3-4-6-12(11)9-15-13-7-8-14(16-10-13)17(18)19/h3-8,10,15H,2,9H2,1H3. The molecule has 0 fully saturated rings. The van der Waals surface area contributed by atoms with Gasteiger partial charge in [0.2, 0.25) is 0 Å². The second kappa shape index (κ2) is 5.95. The molecule has 0 aliphatic carbocycles. The van der Waals surface area contributed by atoms with Crippen molar-refractivity contribution in [1.82, 2.24) is 4.98 Å². The van der Waals surface area contributed by atoms with Gasteiger partial charge in [-0.05, 0) is 33.5 Å². The minimum absolute atomic E-state index is 0.139. The van der Waals surface area contributed by atoms with Crippen LogP contribution in [0.4, 0.5) is 11.5 Å². The van der Waals surface area contributed by atoms with Gasteiger partial charge in [0.1, 0.15) is 0 Å². The molecule has 98 valence electrons. The highest BCUT2D eigenvalue weighted by Gasteiger charge is 2.06. The molecule has 2 aromatic rings. The maximum Gasteiger partial charge on any atom is 0.363 e. The number of pyridine rings is 1. The monoisotopic (exact) mass is 257 g/mol. The van der Waals surface area contributed by atoms with Crippen molar-refractivity contribution in [2.45, 2.75) is 19.9 Å². The van der Waals surface area contributed by atoms with Gasteiger partial charge in [-0.1, -0.05) is 31.2 Å².